The third kappa shape index (κ3) is 3.30. The number of amides is 1. The second kappa shape index (κ2) is 7.22. The van der Waals surface area contributed by atoms with Gasteiger partial charge in [0, 0.05) is 35.9 Å². The van der Waals surface area contributed by atoms with E-state index in [9.17, 15) is 4.79 Å². The monoisotopic (exact) mass is 346 g/mol. The summed E-state index contributed by atoms with van der Waals surface area (Å²) >= 11 is 0. The number of pyridine rings is 2. The van der Waals surface area contributed by atoms with Crippen molar-refractivity contribution in [1.82, 2.24) is 20.6 Å². The number of carbonyl (C=O) groups is 1. The van der Waals surface area contributed by atoms with Gasteiger partial charge in [0.25, 0.3) is 5.91 Å². The molecule has 0 spiro atoms. The number of carbonyl (C=O) groups excluding carboxylic acids is 1. The Kier molecular flexibility index (Phi) is 4.63. The van der Waals surface area contributed by atoms with Crippen LogP contribution in [-0.4, -0.2) is 35.0 Å². The van der Waals surface area contributed by atoms with E-state index in [1.54, 1.807) is 12.4 Å². The van der Waals surface area contributed by atoms with E-state index in [0.29, 0.717) is 11.5 Å². The predicted octanol–water partition coefficient (Wildman–Crippen LogP) is 3.02. The molecule has 1 aliphatic rings. The molecule has 0 radical (unpaired) electrons. The fourth-order valence-electron chi connectivity index (χ4n) is 3.46. The Bertz CT molecular complexity index is 926. The van der Waals surface area contributed by atoms with Crippen molar-refractivity contribution in [1.29, 1.82) is 0 Å². The lowest BCUT2D eigenvalue weighted by Crippen LogP contribution is -2.50. The maximum Gasteiger partial charge on any atom is 0.252 e. The van der Waals surface area contributed by atoms with Gasteiger partial charge in [0.2, 0.25) is 0 Å². The third-order valence-electron chi connectivity index (χ3n) is 5.08. The number of para-hydroxylation sites is 1. The van der Waals surface area contributed by atoms with Crippen LogP contribution in [0.3, 0.4) is 0 Å². The Morgan fingerprint density at radius 3 is 2.81 bits per heavy atom. The predicted molar refractivity (Wildman–Crippen MR) is 103 cm³/mol. The molecule has 1 amide bonds. The van der Waals surface area contributed by atoms with Crippen LogP contribution in [0.15, 0.2) is 54.9 Å². The average molecular weight is 346 g/mol. The highest BCUT2D eigenvalue weighted by Crippen LogP contribution is 2.25. The highest BCUT2D eigenvalue weighted by molar-refractivity contribution is 6.07. The van der Waals surface area contributed by atoms with Crippen molar-refractivity contribution in [3.05, 3.63) is 60.4 Å². The molecule has 2 atom stereocenters. The lowest BCUT2D eigenvalue weighted by atomic mass is 9.94. The van der Waals surface area contributed by atoms with Crippen molar-refractivity contribution in [3.8, 4) is 11.3 Å². The van der Waals surface area contributed by atoms with Gasteiger partial charge in [-0.2, -0.15) is 0 Å². The summed E-state index contributed by atoms with van der Waals surface area (Å²) in [6.45, 7) is 4.02. The Labute approximate surface area is 152 Å². The first kappa shape index (κ1) is 16.7. The lowest BCUT2D eigenvalue weighted by Gasteiger charge is -2.30. The van der Waals surface area contributed by atoms with Gasteiger partial charge in [0.15, 0.2) is 0 Å². The van der Waals surface area contributed by atoms with E-state index in [-0.39, 0.29) is 11.9 Å². The first-order valence-corrected chi connectivity index (χ1v) is 9.04. The van der Waals surface area contributed by atoms with Crippen molar-refractivity contribution in [2.75, 3.05) is 13.1 Å². The van der Waals surface area contributed by atoms with Crippen LogP contribution in [0, 0.1) is 5.92 Å². The topological polar surface area (TPSA) is 66.9 Å². The zero-order chi connectivity index (χ0) is 17.9. The number of hydrogen-bond acceptors (Lipinski definition) is 4. The molecule has 3 aromatic rings. The molecule has 1 saturated heterocycles. The number of fused-ring (bicyclic) bond motifs is 1. The number of benzene rings is 1. The van der Waals surface area contributed by atoms with Crippen molar-refractivity contribution < 1.29 is 4.79 Å². The van der Waals surface area contributed by atoms with Crippen LogP contribution in [0.4, 0.5) is 0 Å². The summed E-state index contributed by atoms with van der Waals surface area (Å²) in [4.78, 5) is 21.9. The van der Waals surface area contributed by atoms with Crippen molar-refractivity contribution in [2.24, 2.45) is 5.92 Å². The molecule has 5 heteroatoms. The molecular formula is C21H22N4O. The molecule has 1 fully saturated rings. The summed E-state index contributed by atoms with van der Waals surface area (Å²) in [6.07, 6.45) is 4.55. The zero-order valence-corrected chi connectivity index (χ0v) is 14.8. The number of hydrogen-bond donors (Lipinski definition) is 2. The fourth-order valence-corrected chi connectivity index (χ4v) is 3.46. The van der Waals surface area contributed by atoms with Crippen LogP contribution >= 0.6 is 0 Å². The molecule has 132 valence electrons. The molecule has 4 rings (SSSR count). The summed E-state index contributed by atoms with van der Waals surface area (Å²) in [5.74, 6) is 0.424. The van der Waals surface area contributed by atoms with Crippen molar-refractivity contribution in [2.45, 2.75) is 19.4 Å². The molecule has 2 unspecified atom stereocenters. The van der Waals surface area contributed by atoms with Gasteiger partial charge in [-0.25, -0.2) is 4.98 Å². The molecule has 1 aliphatic heterocycles. The quantitative estimate of drug-likeness (QED) is 0.765. The first-order valence-electron chi connectivity index (χ1n) is 9.04. The summed E-state index contributed by atoms with van der Waals surface area (Å²) in [7, 11) is 0. The van der Waals surface area contributed by atoms with Gasteiger partial charge >= 0.3 is 0 Å². The standard InChI is InChI=1S/C21H22N4O/c1-14-6-9-23-13-20(14)25-21(26)17-12-19(15-7-10-22-11-8-15)24-18-5-3-2-4-16(17)18/h2-5,7-8,10-12,14,20,23H,6,9,13H2,1H3,(H,25,26). The smallest absolute Gasteiger partial charge is 0.252 e. The Hall–Kier alpha value is -2.79. The van der Waals surface area contributed by atoms with E-state index in [2.05, 4.69) is 22.5 Å². The molecular weight excluding hydrogens is 324 g/mol. The van der Waals surface area contributed by atoms with Gasteiger partial charge in [-0.1, -0.05) is 25.1 Å². The maximum absolute atomic E-state index is 13.1. The Morgan fingerprint density at radius 1 is 1.19 bits per heavy atom. The van der Waals surface area contributed by atoms with Gasteiger partial charge in [-0.05, 0) is 43.1 Å². The average Bonchev–Trinajstić information content (AvgIpc) is 2.69. The SMILES string of the molecule is CC1CCNCC1NC(=O)c1cc(-c2ccncc2)nc2ccccc12. The van der Waals surface area contributed by atoms with Crippen LogP contribution in [0.5, 0.6) is 0 Å². The van der Waals surface area contributed by atoms with E-state index in [0.717, 1.165) is 41.7 Å². The van der Waals surface area contributed by atoms with E-state index >= 15 is 0 Å². The highest BCUT2D eigenvalue weighted by Gasteiger charge is 2.24. The first-order chi connectivity index (χ1) is 12.7. The molecule has 0 saturated carbocycles. The fraction of sp³-hybridized carbons (Fsp3) is 0.286. The van der Waals surface area contributed by atoms with E-state index < -0.39 is 0 Å². The largest absolute Gasteiger partial charge is 0.348 e. The minimum Gasteiger partial charge on any atom is -0.348 e. The van der Waals surface area contributed by atoms with Gasteiger partial charge in [-0.3, -0.25) is 9.78 Å². The van der Waals surface area contributed by atoms with Crippen LogP contribution in [0.2, 0.25) is 0 Å². The van der Waals surface area contributed by atoms with E-state index in [1.807, 2.05) is 42.5 Å². The Balaban J connectivity index is 1.74. The van der Waals surface area contributed by atoms with Gasteiger partial charge in [0.05, 0.1) is 16.8 Å². The molecule has 5 nitrogen and oxygen atoms in total. The second-order valence-electron chi connectivity index (χ2n) is 6.86. The number of aromatic nitrogens is 2. The normalized spacial score (nSPS) is 20.0. The molecule has 0 bridgehead atoms. The zero-order valence-electron chi connectivity index (χ0n) is 14.8. The van der Waals surface area contributed by atoms with Gasteiger partial charge in [0.1, 0.15) is 0 Å². The van der Waals surface area contributed by atoms with Gasteiger partial charge < -0.3 is 10.6 Å². The van der Waals surface area contributed by atoms with Crippen LogP contribution in [0.25, 0.3) is 22.2 Å². The van der Waals surface area contributed by atoms with Gasteiger partial charge in [-0.15, -0.1) is 0 Å². The number of nitrogens with zero attached hydrogens (tertiary/aromatic N) is 2. The number of rotatable bonds is 3. The summed E-state index contributed by atoms with van der Waals surface area (Å²) in [6, 6.07) is 13.6. The molecule has 2 aromatic heterocycles. The molecule has 1 aromatic carbocycles. The number of piperidine rings is 1. The molecule has 3 heterocycles. The Morgan fingerprint density at radius 2 is 2.00 bits per heavy atom. The summed E-state index contributed by atoms with van der Waals surface area (Å²) < 4.78 is 0. The van der Waals surface area contributed by atoms with Crippen LogP contribution < -0.4 is 10.6 Å². The highest BCUT2D eigenvalue weighted by atomic mass is 16.1. The van der Waals surface area contributed by atoms with Crippen LogP contribution in [-0.2, 0) is 0 Å². The minimum atomic E-state index is -0.0422. The van der Waals surface area contributed by atoms with E-state index in [1.165, 1.54) is 0 Å². The maximum atomic E-state index is 13.1. The second-order valence-corrected chi connectivity index (χ2v) is 6.86. The lowest BCUT2D eigenvalue weighted by molar-refractivity contribution is 0.0917. The molecule has 2 N–H and O–H groups in total. The summed E-state index contributed by atoms with van der Waals surface area (Å²) in [5, 5.41) is 7.45. The minimum absolute atomic E-state index is 0.0422. The third-order valence-corrected chi connectivity index (χ3v) is 5.08. The number of nitrogens with one attached hydrogen (secondary N) is 2. The molecule has 0 aliphatic carbocycles. The van der Waals surface area contributed by atoms with E-state index in [4.69, 9.17) is 4.98 Å². The van der Waals surface area contributed by atoms with Crippen molar-refractivity contribution in [3.63, 3.8) is 0 Å². The van der Waals surface area contributed by atoms with Crippen LogP contribution in [0.1, 0.15) is 23.7 Å². The summed E-state index contributed by atoms with van der Waals surface area (Å²) in [5.41, 5.74) is 3.22. The van der Waals surface area contributed by atoms with Crippen molar-refractivity contribution >= 4 is 16.8 Å². The molecule has 26 heavy (non-hydrogen) atoms.